The van der Waals surface area contributed by atoms with E-state index in [-0.39, 0.29) is 25.1 Å². The normalized spacial score (nSPS) is 24.4. The molecule has 0 amide bonds. The van der Waals surface area contributed by atoms with E-state index in [1.807, 2.05) is 24.3 Å². The summed E-state index contributed by atoms with van der Waals surface area (Å²) in [6, 6.07) is 7.79. The van der Waals surface area contributed by atoms with Crippen molar-refractivity contribution < 1.29 is 24.1 Å². The van der Waals surface area contributed by atoms with E-state index >= 15 is 0 Å². The van der Waals surface area contributed by atoms with Crippen LogP contribution in [0.2, 0.25) is 0 Å². The third-order valence-electron chi connectivity index (χ3n) is 3.50. The Morgan fingerprint density at radius 1 is 1.23 bits per heavy atom. The molecule has 1 heterocycles. The van der Waals surface area contributed by atoms with Gasteiger partial charge in [0.1, 0.15) is 18.5 Å². The van der Waals surface area contributed by atoms with Crippen LogP contribution < -0.4 is 4.74 Å². The van der Waals surface area contributed by atoms with Gasteiger partial charge in [-0.1, -0.05) is 24.0 Å². The maximum absolute atomic E-state index is 8.78. The van der Waals surface area contributed by atoms with Gasteiger partial charge >= 0.3 is 0 Å². The van der Waals surface area contributed by atoms with Gasteiger partial charge in [-0.05, 0) is 17.7 Å². The highest BCUT2D eigenvalue weighted by molar-refractivity contribution is 5.26. The van der Waals surface area contributed by atoms with Crippen LogP contribution in [0.1, 0.15) is 18.4 Å². The van der Waals surface area contributed by atoms with Gasteiger partial charge in [-0.25, -0.2) is 0 Å². The number of benzene rings is 1. The first-order valence-electron chi connectivity index (χ1n) is 7.27. The minimum Gasteiger partial charge on any atom is -0.497 e. The molecule has 22 heavy (non-hydrogen) atoms. The van der Waals surface area contributed by atoms with Crippen molar-refractivity contribution in [2.24, 2.45) is 0 Å². The van der Waals surface area contributed by atoms with Crippen molar-refractivity contribution in [3.05, 3.63) is 29.8 Å². The average Bonchev–Trinajstić information content (AvgIpc) is 2.58. The Kier molecular flexibility index (Phi) is 6.69. The minimum absolute atomic E-state index is 0.0128. The molecule has 0 aromatic heterocycles. The molecular formula is C17H22O5. The molecule has 2 rings (SSSR count). The van der Waals surface area contributed by atoms with Crippen LogP contribution >= 0.6 is 0 Å². The molecule has 0 spiro atoms. The van der Waals surface area contributed by atoms with Gasteiger partial charge in [0.25, 0.3) is 0 Å². The van der Waals surface area contributed by atoms with Gasteiger partial charge in [-0.2, -0.15) is 0 Å². The summed E-state index contributed by atoms with van der Waals surface area (Å²) in [7, 11) is 3.25. The summed E-state index contributed by atoms with van der Waals surface area (Å²) in [5.41, 5.74) is 1.08. The highest BCUT2D eigenvalue weighted by Gasteiger charge is 2.29. The van der Waals surface area contributed by atoms with Crippen molar-refractivity contribution in [2.45, 2.75) is 37.9 Å². The van der Waals surface area contributed by atoms with Crippen LogP contribution in [0.5, 0.6) is 5.75 Å². The SMILES string of the molecule is COc1ccc(CO[C@H]2C[C@@H](OC)O[C@H](C#CCO)C2)cc1. The summed E-state index contributed by atoms with van der Waals surface area (Å²) in [5, 5.41) is 8.78. The number of hydrogen-bond acceptors (Lipinski definition) is 5. The Morgan fingerprint density at radius 3 is 2.64 bits per heavy atom. The lowest BCUT2D eigenvalue weighted by atomic mass is 10.0. The zero-order chi connectivity index (χ0) is 15.8. The van der Waals surface area contributed by atoms with E-state index < -0.39 is 0 Å². The number of rotatable bonds is 5. The molecule has 120 valence electrons. The lowest BCUT2D eigenvalue weighted by molar-refractivity contribution is -0.198. The lowest BCUT2D eigenvalue weighted by Gasteiger charge is -2.32. The first kappa shape index (κ1) is 16.8. The van der Waals surface area contributed by atoms with Crippen LogP contribution in [-0.4, -0.2) is 44.4 Å². The smallest absolute Gasteiger partial charge is 0.161 e. The second-order valence-corrected chi connectivity index (χ2v) is 5.02. The third kappa shape index (κ3) is 5.00. The van der Waals surface area contributed by atoms with Gasteiger partial charge in [-0.3, -0.25) is 0 Å². The molecule has 5 nitrogen and oxygen atoms in total. The number of methoxy groups -OCH3 is 2. The molecule has 0 radical (unpaired) electrons. The first-order valence-corrected chi connectivity index (χ1v) is 7.27. The molecule has 1 aromatic rings. The minimum atomic E-state index is -0.326. The van der Waals surface area contributed by atoms with Crippen LogP contribution in [-0.2, 0) is 20.8 Å². The molecule has 0 bridgehead atoms. The van der Waals surface area contributed by atoms with Crippen LogP contribution in [0.15, 0.2) is 24.3 Å². The van der Waals surface area contributed by atoms with Gasteiger partial charge in [0.05, 0.1) is 19.8 Å². The predicted octanol–water partition coefficient (Wildman–Crippen LogP) is 1.73. The van der Waals surface area contributed by atoms with Gasteiger partial charge in [0.15, 0.2) is 6.29 Å². The van der Waals surface area contributed by atoms with Crippen LogP contribution in [0.25, 0.3) is 0 Å². The number of aliphatic hydroxyl groups is 1. The molecule has 5 heteroatoms. The van der Waals surface area contributed by atoms with E-state index in [0.717, 1.165) is 11.3 Å². The molecule has 0 saturated carbocycles. The quantitative estimate of drug-likeness (QED) is 0.840. The van der Waals surface area contributed by atoms with E-state index in [2.05, 4.69) is 11.8 Å². The van der Waals surface area contributed by atoms with Gasteiger partial charge in [0.2, 0.25) is 0 Å². The van der Waals surface area contributed by atoms with Gasteiger partial charge < -0.3 is 24.1 Å². The molecule has 1 fully saturated rings. The maximum Gasteiger partial charge on any atom is 0.161 e. The van der Waals surface area contributed by atoms with E-state index in [9.17, 15) is 0 Å². The summed E-state index contributed by atoms with van der Waals surface area (Å²) in [6.45, 7) is 0.347. The predicted molar refractivity (Wildman–Crippen MR) is 81.3 cm³/mol. The summed E-state index contributed by atoms with van der Waals surface area (Å²) in [5.74, 6) is 6.33. The fourth-order valence-electron chi connectivity index (χ4n) is 2.32. The maximum atomic E-state index is 8.78. The monoisotopic (exact) mass is 306 g/mol. The van der Waals surface area contributed by atoms with Crippen LogP contribution in [0.4, 0.5) is 0 Å². The molecule has 0 aliphatic carbocycles. The van der Waals surface area contributed by atoms with Crippen molar-refractivity contribution in [2.75, 3.05) is 20.8 Å². The third-order valence-corrected chi connectivity index (χ3v) is 3.50. The zero-order valence-corrected chi connectivity index (χ0v) is 13.0. The van der Waals surface area contributed by atoms with E-state index in [4.69, 9.17) is 24.1 Å². The Morgan fingerprint density at radius 2 is 2.00 bits per heavy atom. The summed E-state index contributed by atoms with van der Waals surface area (Å²) >= 11 is 0. The lowest BCUT2D eigenvalue weighted by Crippen LogP contribution is -2.37. The second kappa shape index (κ2) is 8.76. The van der Waals surface area contributed by atoms with E-state index in [1.165, 1.54) is 0 Å². The Hall–Kier alpha value is -1.58. The standard InChI is InChI=1S/C17H22O5/c1-19-14-7-5-13(6-8-14)12-21-16-10-15(4-3-9-18)22-17(11-16)20-2/h5-8,15-18H,9-12H2,1-2H3/t15-,16-,17+/m1/s1. The molecule has 1 aliphatic heterocycles. The van der Waals surface area contributed by atoms with E-state index in [0.29, 0.717) is 19.4 Å². The Bertz CT molecular complexity index is 502. The molecule has 3 atom stereocenters. The first-order chi connectivity index (χ1) is 10.7. The molecule has 1 aromatic carbocycles. The molecule has 1 N–H and O–H groups in total. The number of aliphatic hydroxyl groups excluding tert-OH is 1. The fraction of sp³-hybridized carbons (Fsp3) is 0.529. The highest BCUT2D eigenvalue weighted by atomic mass is 16.7. The fourth-order valence-corrected chi connectivity index (χ4v) is 2.32. The number of hydrogen-bond donors (Lipinski definition) is 1. The van der Waals surface area contributed by atoms with Crippen LogP contribution in [0.3, 0.4) is 0 Å². The molecule has 1 aliphatic rings. The van der Waals surface area contributed by atoms with Gasteiger partial charge in [0, 0.05) is 20.0 Å². The molecule has 1 saturated heterocycles. The molecule has 0 unspecified atom stereocenters. The van der Waals surface area contributed by atoms with Crippen LogP contribution in [0, 0.1) is 11.8 Å². The Balaban J connectivity index is 1.89. The number of ether oxygens (including phenoxy) is 4. The van der Waals surface area contributed by atoms with Crippen molar-refractivity contribution in [3.8, 4) is 17.6 Å². The molecular weight excluding hydrogens is 284 g/mol. The zero-order valence-electron chi connectivity index (χ0n) is 13.0. The van der Waals surface area contributed by atoms with Crippen molar-refractivity contribution in [1.29, 1.82) is 0 Å². The summed E-state index contributed by atoms with van der Waals surface area (Å²) in [6.07, 6.45) is 0.755. The Labute approximate surface area is 131 Å². The largest absolute Gasteiger partial charge is 0.497 e. The highest BCUT2D eigenvalue weighted by Crippen LogP contribution is 2.23. The van der Waals surface area contributed by atoms with Crippen molar-refractivity contribution in [3.63, 3.8) is 0 Å². The van der Waals surface area contributed by atoms with E-state index in [1.54, 1.807) is 14.2 Å². The average molecular weight is 306 g/mol. The summed E-state index contributed by atoms with van der Waals surface area (Å²) < 4.78 is 22.0. The topological polar surface area (TPSA) is 57.2 Å². The van der Waals surface area contributed by atoms with Crippen molar-refractivity contribution in [1.82, 2.24) is 0 Å². The van der Waals surface area contributed by atoms with Gasteiger partial charge in [-0.15, -0.1) is 0 Å². The second-order valence-electron chi connectivity index (χ2n) is 5.02. The van der Waals surface area contributed by atoms with Crippen molar-refractivity contribution >= 4 is 0 Å². The summed E-state index contributed by atoms with van der Waals surface area (Å²) in [4.78, 5) is 0.